The van der Waals surface area contributed by atoms with Crippen LogP contribution in [-0.4, -0.2) is 18.4 Å². The Labute approximate surface area is 122 Å². The Morgan fingerprint density at radius 2 is 1.71 bits per heavy atom. The van der Waals surface area contributed by atoms with Gasteiger partial charge in [0.15, 0.2) is 0 Å². The third-order valence-electron chi connectivity index (χ3n) is 2.94. The maximum atomic E-state index is 12.7. The molecule has 2 N–H and O–H groups in total. The summed E-state index contributed by atoms with van der Waals surface area (Å²) >= 11 is 0. The normalized spacial score (nSPS) is 10.0. The van der Waals surface area contributed by atoms with Crippen LogP contribution in [0, 0.1) is 12.7 Å². The molecule has 0 atom stereocenters. The van der Waals surface area contributed by atoms with Gasteiger partial charge >= 0.3 is 0 Å². The molecule has 108 valence electrons. The zero-order valence-corrected chi connectivity index (χ0v) is 11.5. The highest BCUT2D eigenvalue weighted by Crippen LogP contribution is 2.12. The molecule has 0 aliphatic rings. The molecule has 0 aliphatic heterocycles. The lowest BCUT2D eigenvalue weighted by Crippen LogP contribution is -2.32. The van der Waals surface area contributed by atoms with Crippen LogP contribution in [-0.2, 0) is 4.79 Å². The van der Waals surface area contributed by atoms with E-state index in [-0.39, 0.29) is 12.5 Å². The van der Waals surface area contributed by atoms with E-state index in [4.69, 9.17) is 0 Å². The van der Waals surface area contributed by atoms with E-state index in [9.17, 15) is 14.0 Å². The molecule has 2 rings (SSSR count). The minimum Gasteiger partial charge on any atom is -0.343 e. The summed E-state index contributed by atoms with van der Waals surface area (Å²) in [6.45, 7) is 1.73. The summed E-state index contributed by atoms with van der Waals surface area (Å²) in [5.74, 6) is -1.15. The lowest BCUT2D eigenvalue weighted by atomic mass is 10.2. The first-order chi connectivity index (χ1) is 10.1. The second-order valence-corrected chi connectivity index (χ2v) is 4.55. The van der Waals surface area contributed by atoms with Crippen molar-refractivity contribution in [2.24, 2.45) is 0 Å². The number of aryl methyl sites for hydroxylation is 1. The van der Waals surface area contributed by atoms with Crippen LogP contribution < -0.4 is 10.6 Å². The molecule has 0 saturated carbocycles. The number of benzene rings is 2. The van der Waals surface area contributed by atoms with Gasteiger partial charge in [-0.25, -0.2) is 4.39 Å². The number of rotatable bonds is 4. The summed E-state index contributed by atoms with van der Waals surface area (Å²) in [4.78, 5) is 23.5. The molecule has 2 aromatic rings. The number of carbonyl (C=O) groups is 2. The van der Waals surface area contributed by atoms with Crippen LogP contribution in [0.5, 0.6) is 0 Å². The molecule has 0 heterocycles. The predicted octanol–water partition coefficient (Wildman–Crippen LogP) is 2.50. The first kappa shape index (κ1) is 14.7. The van der Waals surface area contributed by atoms with Gasteiger partial charge < -0.3 is 10.6 Å². The van der Waals surface area contributed by atoms with Gasteiger partial charge in [0.05, 0.1) is 6.54 Å². The van der Waals surface area contributed by atoms with Crippen molar-refractivity contribution >= 4 is 17.5 Å². The lowest BCUT2D eigenvalue weighted by molar-refractivity contribution is -0.115. The number of para-hydroxylation sites is 1. The quantitative estimate of drug-likeness (QED) is 0.907. The molecule has 0 aliphatic carbocycles. The summed E-state index contributed by atoms with van der Waals surface area (Å²) < 4.78 is 12.7. The van der Waals surface area contributed by atoms with Crippen molar-refractivity contribution in [2.45, 2.75) is 6.92 Å². The maximum absolute atomic E-state index is 12.7. The fourth-order valence-electron chi connectivity index (χ4n) is 1.77. The molecule has 2 amide bonds. The summed E-state index contributed by atoms with van der Waals surface area (Å²) in [5, 5.41) is 5.20. The number of hydrogen-bond donors (Lipinski definition) is 2. The molecule has 0 saturated heterocycles. The van der Waals surface area contributed by atoms with E-state index >= 15 is 0 Å². The van der Waals surface area contributed by atoms with Gasteiger partial charge in [-0.2, -0.15) is 0 Å². The van der Waals surface area contributed by atoms with Gasteiger partial charge in [0.2, 0.25) is 5.91 Å². The predicted molar refractivity (Wildman–Crippen MR) is 78.5 cm³/mol. The van der Waals surface area contributed by atoms with E-state index in [1.54, 1.807) is 6.07 Å². The number of hydrogen-bond acceptors (Lipinski definition) is 2. The van der Waals surface area contributed by atoms with Gasteiger partial charge in [-0.05, 0) is 42.8 Å². The van der Waals surface area contributed by atoms with E-state index in [1.165, 1.54) is 24.3 Å². The highest BCUT2D eigenvalue weighted by atomic mass is 19.1. The topological polar surface area (TPSA) is 58.2 Å². The van der Waals surface area contributed by atoms with Crippen LogP contribution in [0.1, 0.15) is 15.9 Å². The van der Waals surface area contributed by atoms with Crippen molar-refractivity contribution in [3.8, 4) is 0 Å². The highest BCUT2D eigenvalue weighted by molar-refractivity contribution is 5.99. The molecule has 21 heavy (non-hydrogen) atoms. The SMILES string of the molecule is Cc1ccccc1NC(=O)CNC(=O)c1ccc(F)cc1. The lowest BCUT2D eigenvalue weighted by Gasteiger charge is -2.09. The van der Waals surface area contributed by atoms with E-state index in [2.05, 4.69) is 10.6 Å². The summed E-state index contributed by atoms with van der Waals surface area (Å²) in [6.07, 6.45) is 0. The van der Waals surface area contributed by atoms with Gasteiger partial charge in [-0.1, -0.05) is 18.2 Å². The maximum Gasteiger partial charge on any atom is 0.251 e. The monoisotopic (exact) mass is 286 g/mol. The van der Waals surface area contributed by atoms with Crippen molar-refractivity contribution in [3.63, 3.8) is 0 Å². The Bertz CT molecular complexity index is 654. The van der Waals surface area contributed by atoms with E-state index in [0.717, 1.165) is 5.56 Å². The number of carbonyl (C=O) groups excluding carboxylic acids is 2. The van der Waals surface area contributed by atoms with Crippen LogP contribution in [0.25, 0.3) is 0 Å². The molecule has 0 unspecified atom stereocenters. The largest absolute Gasteiger partial charge is 0.343 e. The molecule has 0 fully saturated rings. The second kappa shape index (κ2) is 6.65. The fourth-order valence-corrected chi connectivity index (χ4v) is 1.77. The molecular formula is C16H15FN2O2. The van der Waals surface area contributed by atoms with Crippen LogP contribution in [0.4, 0.5) is 10.1 Å². The van der Waals surface area contributed by atoms with Crippen LogP contribution in [0.3, 0.4) is 0 Å². The molecule has 2 aromatic carbocycles. The number of nitrogens with one attached hydrogen (secondary N) is 2. The number of halogens is 1. The second-order valence-electron chi connectivity index (χ2n) is 4.55. The van der Waals surface area contributed by atoms with Crippen molar-refractivity contribution in [1.29, 1.82) is 0 Å². The van der Waals surface area contributed by atoms with E-state index < -0.39 is 11.7 Å². The number of anilines is 1. The molecule has 4 nitrogen and oxygen atoms in total. The Morgan fingerprint density at radius 3 is 2.38 bits per heavy atom. The first-order valence-corrected chi connectivity index (χ1v) is 6.45. The van der Waals surface area contributed by atoms with Crippen molar-refractivity contribution in [3.05, 3.63) is 65.5 Å². The van der Waals surface area contributed by atoms with Crippen LogP contribution in [0.15, 0.2) is 48.5 Å². The Kier molecular flexibility index (Phi) is 4.66. The third kappa shape index (κ3) is 4.14. The molecule has 0 bridgehead atoms. The number of amides is 2. The Morgan fingerprint density at radius 1 is 1.05 bits per heavy atom. The minimum atomic E-state index is -0.421. The van der Waals surface area contributed by atoms with Crippen LogP contribution in [0.2, 0.25) is 0 Å². The smallest absolute Gasteiger partial charge is 0.251 e. The van der Waals surface area contributed by atoms with Gasteiger partial charge in [0.1, 0.15) is 5.82 Å². The third-order valence-corrected chi connectivity index (χ3v) is 2.94. The first-order valence-electron chi connectivity index (χ1n) is 6.45. The average Bonchev–Trinajstić information content (AvgIpc) is 2.48. The van der Waals surface area contributed by atoms with Crippen molar-refractivity contribution in [1.82, 2.24) is 5.32 Å². The molecule has 0 aromatic heterocycles. The molecule has 0 radical (unpaired) electrons. The summed E-state index contributed by atoms with van der Waals surface area (Å²) in [7, 11) is 0. The molecule has 5 heteroatoms. The zero-order chi connectivity index (χ0) is 15.2. The zero-order valence-electron chi connectivity index (χ0n) is 11.5. The Hall–Kier alpha value is -2.69. The summed E-state index contributed by atoms with van der Waals surface area (Å²) in [5.41, 5.74) is 1.95. The standard InChI is InChI=1S/C16H15FN2O2/c1-11-4-2-3-5-14(11)19-15(20)10-18-16(21)12-6-8-13(17)9-7-12/h2-9H,10H2,1H3,(H,18,21)(H,19,20). The van der Waals surface area contributed by atoms with Gasteiger partial charge in [0.25, 0.3) is 5.91 Å². The summed E-state index contributed by atoms with van der Waals surface area (Å²) in [6, 6.07) is 12.5. The van der Waals surface area contributed by atoms with Gasteiger partial charge in [-0.3, -0.25) is 9.59 Å². The van der Waals surface area contributed by atoms with Gasteiger partial charge in [-0.15, -0.1) is 0 Å². The van der Waals surface area contributed by atoms with Gasteiger partial charge in [0, 0.05) is 11.3 Å². The minimum absolute atomic E-state index is 0.148. The van der Waals surface area contributed by atoms with E-state index in [1.807, 2.05) is 25.1 Å². The molecular weight excluding hydrogens is 271 g/mol. The van der Waals surface area contributed by atoms with Crippen molar-refractivity contribution in [2.75, 3.05) is 11.9 Å². The fraction of sp³-hybridized carbons (Fsp3) is 0.125. The molecule has 0 spiro atoms. The average molecular weight is 286 g/mol. The van der Waals surface area contributed by atoms with Crippen molar-refractivity contribution < 1.29 is 14.0 Å². The van der Waals surface area contributed by atoms with Crippen LogP contribution >= 0.6 is 0 Å². The van der Waals surface area contributed by atoms with E-state index in [0.29, 0.717) is 11.3 Å². The Balaban J connectivity index is 1.88. The highest BCUT2D eigenvalue weighted by Gasteiger charge is 2.09.